The second-order valence-electron chi connectivity index (χ2n) is 6.01. The predicted molar refractivity (Wildman–Crippen MR) is 63.1 cm³/mol. The Morgan fingerprint density at radius 3 is 2.16 bits per heavy atom. The maximum Gasteiger partial charge on any atom is 0.326 e. The van der Waals surface area contributed by atoms with Crippen LogP contribution in [0.3, 0.4) is 0 Å². The van der Waals surface area contributed by atoms with Gasteiger partial charge < -0.3 is 15.5 Å². The molecule has 1 amide bonds. The van der Waals surface area contributed by atoms with E-state index < -0.39 is 24.4 Å². The van der Waals surface area contributed by atoms with Crippen molar-refractivity contribution in [3.05, 3.63) is 0 Å². The SMILES string of the molecule is O=C(O)C[C@H](NC(=O)C1C2C3CCC(C3)C12)C(=O)O. The van der Waals surface area contributed by atoms with Crippen LogP contribution in [0.15, 0.2) is 0 Å². The molecule has 0 aliphatic heterocycles. The van der Waals surface area contributed by atoms with E-state index >= 15 is 0 Å². The summed E-state index contributed by atoms with van der Waals surface area (Å²) < 4.78 is 0. The topological polar surface area (TPSA) is 104 Å². The number of rotatable bonds is 5. The Balaban J connectivity index is 1.60. The summed E-state index contributed by atoms with van der Waals surface area (Å²) in [7, 11) is 0. The van der Waals surface area contributed by atoms with Crippen LogP contribution in [0.5, 0.6) is 0 Å². The van der Waals surface area contributed by atoms with Crippen LogP contribution in [0.4, 0.5) is 0 Å². The smallest absolute Gasteiger partial charge is 0.326 e. The summed E-state index contributed by atoms with van der Waals surface area (Å²) in [6, 6.07) is -1.32. The van der Waals surface area contributed by atoms with Crippen LogP contribution >= 0.6 is 0 Å². The van der Waals surface area contributed by atoms with Gasteiger partial charge in [-0.05, 0) is 42.9 Å². The third-order valence-electron chi connectivity index (χ3n) is 5.03. The molecule has 3 fully saturated rings. The summed E-state index contributed by atoms with van der Waals surface area (Å²) in [6.07, 6.45) is 3.02. The van der Waals surface area contributed by atoms with E-state index in [-0.39, 0.29) is 11.8 Å². The molecule has 0 aromatic rings. The summed E-state index contributed by atoms with van der Waals surface area (Å²) in [5.41, 5.74) is 0. The Morgan fingerprint density at radius 2 is 1.68 bits per heavy atom. The first-order chi connectivity index (χ1) is 8.99. The molecule has 2 bridgehead atoms. The number of carboxylic acid groups (broad SMARTS) is 2. The second-order valence-corrected chi connectivity index (χ2v) is 6.01. The standard InChI is InChI=1S/C13H17NO5/c15-8(16)4-7(13(18)19)14-12(17)11-9-5-1-2-6(3-5)10(9)11/h5-7,9-11H,1-4H2,(H,14,17)(H,15,16)(H,18,19)/t5?,6?,7-,9?,10?,11?/m0/s1. The molecule has 19 heavy (non-hydrogen) atoms. The molecular formula is C13H17NO5. The van der Waals surface area contributed by atoms with E-state index in [0.29, 0.717) is 23.7 Å². The molecule has 0 spiro atoms. The summed E-state index contributed by atoms with van der Waals surface area (Å²) in [5, 5.41) is 19.9. The van der Waals surface area contributed by atoms with Gasteiger partial charge in [-0.15, -0.1) is 0 Å². The van der Waals surface area contributed by atoms with Crippen LogP contribution in [0, 0.1) is 29.6 Å². The van der Waals surface area contributed by atoms with Crippen molar-refractivity contribution in [1.29, 1.82) is 0 Å². The molecule has 3 N–H and O–H groups in total. The van der Waals surface area contributed by atoms with E-state index in [0.717, 1.165) is 0 Å². The highest BCUT2D eigenvalue weighted by atomic mass is 16.4. The number of carbonyl (C=O) groups excluding carboxylic acids is 1. The maximum absolute atomic E-state index is 12.1. The molecule has 0 heterocycles. The number of fused-ring (bicyclic) bond motifs is 5. The molecule has 104 valence electrons. The Kier molecular flexibility index (Phi) is 2.76. The monoisotopic (exact) mass is 267 g/mol. The fourth-order valence-electron chi connectivity index (χ4n) is 4.32. The van der Waals surface area contributed by atoms with Crippen LogP contribution in [0.2, 0.25) is 0 Å². The highest BCUT2D eigenvalue weighted by molar-refractivity contribution is 5.89. The van der Waals surface area contributed by atoms with E-state index in [4.69, 9.17) is 10.2 Å². The van der Waals surface area contributed by atoms with Crippen LogP contribution in [-0.2, 0) is 14.4 Å². The molecule has 0 aromatic carbocycles. The van der Waals surface area contributed by atoms with E-state index in [1.165, 1.54) is 19.3 Å². The van der Waals surface area contributed by atoms with Crippen molar-refractivity contribution in [2.75, 3.05) is 0 Å². The normalized spacial score (nSPS) is 39.5. The minimum Gasteiger partial charge on any atom is -0.481 e. The van der Waals surface area contributed by atoms with Crippen molar-refractivity contribution in [3.63, 3.8) is 0 Å². The number of nitrogens with one attached hydrogen (secondary N) is 1. The van der Waals surface area contributed by atoms with Crippen molar-refractivity contribution >= 4 is 17.8 Å². The van der Waals surface area contributed by atoms with Gasteiger partial charge in [-0.25, -0.2) is 4.79 Å². The summed E-state index contributed by atoms with van der Waals surface area (Å²) in [6.45, 7) is 0. The zero-order chi connectivity index (χ0) is 13.7. The van der Waals surface area contributed by atoms with Crippen LogP contribution in [-0.4, -0.2) is 34.1 Å². The molecule has 6 nitrogen and oxygen atoms in total. The van der Waals surface area contributed by atoms with Gasteiger partial charge in [-0.2, -0.15) is 0 Å². The molecule has 3 aliphatic rings. The van der Waals surface area contributed by atoms with Gasteiger partial charge in [0.2, 0.25) is 5.91 Å². The average molecular weight is 267 g/mol. The lowest BCUT2D eigenvalue weighted by atomic mass is 10.0. The molecular weight excluding hydrogens is 250 g/mol. The number of hydrogen-bond acceptors (Lipinski definition) is 3. The minimum atomic E-state index is -1.32. The average Bonchev–Trinajstić information content (AvgIpc) is 2.77. The lowest BCUT2D eigenvalue weighted by Gasteiger charge is -2.14. The molecule has 4 unspecified atom stereocenters. The highest BCUT2D eigenvalue weighted by Gasteiger charge is 2.67. The van der Waals surface area contributed by atoms with E-state index in [1.807, 2.05) is 0 Å². The first-order valence-corrected chi connectivity index (χ1v) is 6.74. The van der Waals surface area contributed by atoms with Crippen LogP contribution in [0.1, 0.15) is 25.7 Å². The minimum absolute atomic E-state index is 0.0677. The van der Waals surface area contributed by atoms with Gasteiger partial charge in [0.1, 0.15) is 6.04 Å². The van der Waals surface area contributed by atoms with Gasteiger partial charge in [-0.1, -0.05) is 0 Å². The van der Waals surface area contributed by atoms with E-state index in [1.54, 1.807) is 0 Å². The van der Waals surface area contributed by atoms with Gasteiger partial charge in [-0.3, -0.25) is 9.59 Å². The third-order valence-corrected chi connectivity index (χ3v) is 5.03. The van der Waals surface area contributed by atoms with Gasteiger partial charge in [0.05, 0.1) is 6.42 Å². The first-order valence-electron chi connectivity index (χ1n) is 6.74. The number of amides is 1. The molecule has 3 rings (SSSR count). The highest BCUT2D eigenvalue weighted by Crippen LogP contribution is 2.69. The van der Waals surface area contributed by atoms with Gasteiger partial charge in [0.25, 0.3) is 0 Å². The Morgan fingerprint density at radius 1 is 1.11 bits per heavy atom. The summed E-state index contributed by atoms with van der Waals surface area (Å²) in [5.74, 6) is -0.714. The number of hydrogen-bond donors (Lipinski definition) is 3. The van der Waals surface area contributed by atoms with Crippen molar-refractivity contribution in [2.45, 2.75) is 31.7 Å². The maximum atomic E-state index is 12.1. The quantitative estimate of drug-likeness (QED) is 0.665. The Labute approximate surface area is 110 Å². The van der Waals surface area contributed by atoms with Crippen molar-refractivity contribution in [2.24, 2.45) is 29.6 Å². The van der Waals surface area contributed by atoms with Gasteiger partial charge in [0.15, 0.2) is 0 Å². The Hall–Kier alpha value is -1.59. The molecule has 6 heteroatoms. The second kappa shape index (κ2) is 4.21. The van der Waals surface area contributed by atoms with E-state index in [2.05, 4.69) is 5.32 Å². The lowest BCUT2D eigenvalue weighted by Crippen LogP contribution is -2.43. The van der Waals surface area contributed by atoms with Crippen molar-refractivity contribution in [1.82, 2.24) is 5.32 Å². The molecule has 3 aliphatic carbocycles. The zero-order valence-electron chi connectivity index (χ0n) is 10.4. The third kappa shape index (κ3) is 1.99. The van der Waals surface area contributed by atoms with Crippen LogP contribution in [0.25, 0.3) is 0 Å². The first kappa shape index (κ1) is 12.4. The van der Waals surface area contributed by atoms with Gasteiger partial charge in [0, 0.05) is 5.92 Å². The fourth-order valence-corrected chi connectivity index (χ4v) is 4.32. The molecule has 0 aromatic heterocycles. The van der Waals surface area contributed by atoms with Gasteiger partial charge >= 0.3 is 11.9 Å². The zero-order valence-corrected chi connectivity index (χ0v) is 10.4. The number of carboxylic acids is 2. The summed E-state index contributed by atoms with van der Waals surface area (Å²) in [4.78, 5) is 33.6. The van der Waals surface area contributed by atoms with Crippen molar-refractivity contribution < 1.29 is 24.6 Å². The Bertz CT molecular complexity index is 432. The molecule has 0 radical (unpaired) electrons. The van der Waals surface area contributed by atoms with Crippen molar-refractivity contribution in [3.8, 4) is 0 Å². The lowest BCUT2D eigenvalue weighted by molar-refractivity contribution is -0.147. The largest absolute Gasteiger partial charge is 0.481 e. The number of carbonyl (C=O) groups is 3. The van der Waals surface area contributed by atoms with E-state index in [9.17, 15) is 14.4 Å². The fraction of sp³-hybridized carbons (Fsp3) is 0.769. The van der Waals surface area contributed by atoms with Crippen LogP contribution < -0.4 is 5.32 Å². The molecule has 5 atom stereocenters. The molecule has 0 saturated heterocycles. The predicted octanol–water partition coefficient (Wildman–Crippen LogP) is 0.323. The summed E-state index contributed by atoms with van der Waals surface area (Å²) >= 11 is 0. The molecule has 3 saturated carbocycles. The number of aliphatic carboxylic acids is 2.